The summed E-state index contributed by atoms with van der Waals surface area (Å²) < 4.78 is 0. The fraction of sp³-hybridized carbons (Fsp3) is 0.667. The second kappa shape index (κ2) is 3.98. The van der Waals surface area contributed by atoms with Crippen molar-refractivity contribution >= 4 is 17.8 Å². The average Bonchev–Trinajstić information content (AvgIpc) is 2.82. The molecule has 2 aliphatic heterocycles. The van der Waals surface area contributed by atoms with Gasteiger partial charge < -0.3 is 10.2 Å². The molecule has 1 N–H and O–H groups in total. The van der Waals surface area contributed by atoms with Gasteiger partial charge >= 0.3 is 5.97 Å². The maximum Gasteiger partial charge on any atom is 0.349 e. The van der Waals surface area contributed by atoms with E-state index in [0.29, 0.717) is 11.5 Å². The molecule has 0 aliphatic carbocycles. The predicted molar refractivity (Wildman–Crippen MR) is 48.2 cm³/mol. The molecule has 82 valence electrons. The highest BCUT2D eigenvalue weighted by Gasteiger charge is 2.35. The topological polar surface area (TPSA) is 75.7 Å². The SMILES string of the molecule is O=C(ON1C(=O)CCC1=O)[C@H]1CCCN1. The lowest BCUT2D eigenvalue weighted by Gasteiger charge is -2.15. The number of hydroxylamine groups is 2. The Kier molecular flexibility index (Phi) is 2.68. The zero-order valence-corrected chi connectivity index (χ0v) is 8.19. The van der Waals surface area contributed by atoms with Gasteiger partial charge in [0.15, 0.2) is 0 Å². The summed E-state index contributed by atoms with van der Waals surface area (Å²) in [5.74, 6) is -1.42. The number of hydrogen-bond acceptors (Lipinski definition) is 5. The molecular weight excluding hydrogens is 200 g/mol. The van der Waals surface area contributed by atoms with Gasteiger partial charge in [-0.05, 0) is 19.4 Å². The Morgan fingerprint density at radius 1 is 1.33 bits per heavy atom. The van der Waals surface area contributed by atoms with Gasteiger partial charge in [-0.2, -0.15) is 0 Å². The minimum atomic E-state index is -0.545. The summed E-state index contributed by atoms with van der Waals surface area (Å²) in [6.45, 7) is 0.766. The Hall–Kier alpha value is -1.43. The highest BCUT2D eigenvalue weighted by molar-refractivity contribution is 6.01. The number of rotatable bonds is 2. The lowest BCUT2D eigenvalue weighted by atomic mass is 10.2. The monoisotopic (exact) mass is 212 g/mol. The molecule has 0 aromatic heterocycles. The molecule has 6 nitrogen and oxygen atoms in total. The quantitative estimate of drug-likeness (QED) is 0.615. The van der Waals surface area contributed by atoms with Crippen molar-refractivity contribution in [2.75, 3.05) is 6.54 Å². The number of carbonyl (C=O) groups excluding carboxylic acids is 3. The number of hydrogen-bond donors (Lipinski definition) is 1. The first-order valence-corrected chi connectivity index (χ1v) is 4.99. The molecule has 0 bridgehead atoms. The largest absolute Gasteiger partial charge is 0.349 e. The average molecular weight is 212 g/mol. The first-order chi connectivity index (χ1) is 7.18. The first-order valence-electron chi connectivity index (χ1n) is 4.99. The van der Waals surface area contributed by atoms with Gasteiger partial charge in [0.25, 0.3) is 11.8 Å². The Bertz CT molecular complexity index is 293. The van der Waals surface area contributed by atoms with E-state index in [-0.39, 0.29) is 18.9 Å². The molecule has 0 unspecified atom stereocenters. The molecule has 2 saturated heterocycles. The van der Waals surface area contributed by atoms with Crippen LogP contribution in [0.2, 0.25) is 0 Å². The van der Waals surface area contributed by atoms with Crippen molar-refractivity contribution in [2.24, 2.45) is 0 Å². The van der Waals surface area contributed by atoms with Crippen LogP contribution in [0.25, 0.3) is 0 Å². The number of imide groups is 1. The van der Waals surface area contributed by atoms with E-state index in [0.717, 1.165) is 13.0 Å². The molecule has 2 rings (SSSR count). The molecule has 6 heteroatoms. The van der Waals surface area contributed by atoms with Crippen molar-refractivity contribution < 1.29 is 19.2 Å². The molecule has 0 spiro atoms. The smallest absolute Gasteiger partial charge is 0.329 e. The number of nitrogens with one attached hydrogen (secondary N) is 1. The molecular formula is C9H12N2O4. The zero-order valence-electron chi connectivity index (χ0n) is 8.19. The van der Waals surface area contributed by atoms with Crippen LogP contribution in [-0.4, -0.2) is 35.4 Å². The maximum absolute atomic E-state index is 11.5. The summed E-state index contributed by atoms with van der Waals surface area (Å²) in [5.41, 5.74) is 0. The van der Waals surface area contributed by atoms with Crippen molar-refractivity contribution in [3.63, 3.8) is 0 Å². The van der Waals surface area contributed by atoms with Crippen LogP contribution in [0.5, 0.6) is 0 Å². The second-order valence-corrected chi connectivity index (χ2v) is 3.64. The molecule has 2 heterocycles. The molecule has 2 aliphatic rings. The summed E-state index contributed by atoms with van der Waals surface area (Å²) in [5, 5.41) is 3.52. The Morgan fingerprint density at radius 3 is 2.53 bits per heavy atom. The molecule has 1 atom stereocenters. The maximum atomic E-state index is 11.5. The van der Waals surface area contributed by atoms with Crippen LogP contribution in [0.3, 0.4) is 0 Å². The number of amides is 2. The van der Waals surface area contributed by atoms with Gasteiger partial charge in [0.05, 0.1) is 0 Å². The third-order valence-corrected chi connectivity index (χ3v) is 2.53. The molecule has 2 amide bonds. The van der Waals surface area contributed by atoms with Gasteiger partial charge in [0.2, 0.25) is 0 Å². The Balaban J connectivity index is 1.93. The van der Waals surface area contributed by atoms with Crippen molar-refractivity contribution in [3.8, 4) is 0 Å². The zero-order chi connectivity index (χ0) is 10.8. The van der Waals surface area contributed by atoms with Crippen LogP contribution in [0.4, 0.5) is 0 Å². The van der Waals surface area contributed by atoms with Crippen LogP contribution in [-0.2, 0) is 19.2 Å². The van der Waals surface area contributed by atoms with Crippen LogP contribution in [0, 0.1) is 0 Å². The van der Waals surface area contributed by atoms with Crippen molar-refractivity contribution in [1.29, 1.82) is 0 Å². The minimum Gasteiger partial charge on any atom is -0.329 e. The summed E-state index contributed by atoms with van der Waals surface area (Å²) in [7, 11) is 0. The van der Waals surface area contributed by atoms with Gasteiger partial charge in [-0.3, -0.25) is 9.59 Å². The summed E-state index contributed by atoms with van der Waals surface area (Å²) in [6.07, 6.45) is 1.85. The van der Waals surface area contributed by atoms with Gasteiger partial charge in [-0.15, -0.1) is 5.06 Å². The Labute approximate surface area is 86.5 Å². The molecule has 2 fully saturated rings. The van der Waals surface area contributed by atoms with E-state index in [1.807, 2.05) is 0 Å². The van der Waals surface area contributed by atoms with Crippen molar-refractivity contribution in [1.82, 2.24) is 10.4 Å². The fourth-order valence-electron chi connectivity index (χ4n) is 1.70. The van der Waals surface area contributed by atoms with Crippen molar-refractivity contribution in [3.05, 3.63) is 0 Å². The minimum absolute atomic E-state index is 0.129. The summed E-state index contributed by atoms with van der Waals surface area (Å²) in [6, 6.07) is -0.383. The van der Waals surface area contributed by atoms with E-state index in [9.17, 15) is 14.4 Å². The van der Waals surface area contributed by atoms with E-state index in [1.165, 1.54) is 0 Å². The lowest BCUT2D eigenvalue weighted by molar-refractivity contribution is -0.198. The molecule has 0 radical (unpaired) electrons. The fourth-order valence-corrected chi connectivity index (χ4v) is 1.70. The highest BCUT2D eigenvalue weighted by Crippen LogP contribution is 2.14. The van der Waals surface area contributed by atoms with Crippen molar-refractivity contribution in [2.45, 2.75) is 31.7 Å². The second-order valence-electron chi connectivity index (χ2n) is 3.64. The van der Waals surface area contributed by atoms with Gasteiger partial charge in [-0.25, -0.2) is 4.79 Å². The van der Waals surface area contributed by atoms with E-state index in [4.69, 9.17) is 4.84 Å². The van der Waals surface area contributed by atoms with E-state index >= 15 is 0 Å². The molecule has 0 saturated carbocycles. The molecule has 15 heavy (non-hydrogen) atoms. The molecule has 0 aromatic carbocycles. The van der Waals surface area contributed by atoms with E-state index in [2.05, 4.69) is 5.32 Å². The lowest BCUT2D eigenvalue weighted by Crippen LogP contribution is -2.40. The standard InChI is InChI=1S/C9H12N2O4/c12-7-3-4-8(13)11(7)15-9(14)6-2-1-5-10-6/h6,10H,1-5H2/t6-/m1/s1. The number of nitrogens with zero attached hydrogens (tertiary/aromatic N) is 1. The third kappa shape index (κ3) is 1.99. The van der Waals surface area contributed by atoms with Gasteiger partial charge in [-0.1, -0.05) is 0 Å². The van der Waals surface area contributed by atoms with Crippen LogP contribution in [0.15, 0.2) is 0 Å². The van der Waals surface area contributed by atoms with Crippen LogP contribution >= 0.6 is 0 Å². The van der Waals surface area contributed by atoms with Gasteiger partial charge in [0, 0.05) is 12.8 Å². The van der Waals surface area contributed by atoms with E-state index < -0.39 is 17.8 Å². The summed E-state index contributed by atoms with van der Waals surface area (Å²) in [4.78, 5) is 38.5. The third-order valence-electron chi connectivity index (χ3n) is 2.53. The van der Waals surface area contributed by atoms with Crippen LogP contribution in [0.1, 0.15) is 25.7 Å². The van der Waals surface area contributed by atoms with Gasteiger partial charge in [0.1, 0.15) is 6.04 Å². The highest BCUT2D eigenvalue weighted by atomic mass is 16.7. The number of carbonyl (C=O) groups is 3. The molecule has 0 aromatic rings. The first kappa shape index (κ1) is 10.1. The van der Waals surface area contributed by atoms with E-state index in [1.54, 1.807) is 0 Å². The predicted octanol–water partition coefficient (Wildman–Crippen LogP) is -0.654. The summed E-state index contributed by atoms with van der Waals surface area (Å²) >= 11 is 0. The Morgan fingerprint density at radius 2 is 2.00 bits per heavy atom. The van der Waals surface area contributed by atoms with Crippen LogP contribution < -0.4 is 5.32 Å². The normalized spacial score (nSPS) is 26.1.